The normalized spacial score (nSPS) is 10.7. The van der Waals surface area contributed by atoms with Gasteiger partial charge in [0.05, 0.1) is 3.57 Å². The van der Waals surface area contributed by atoms with Gasteiger partial charge in [-0.25, -0.2) is 0 Å². The number of halogens is 1. The molecule has 4 aromatic rings. The summed E-state index contributed by atoms with van der Waals surface area (Å²) in [6.07, 6.45) is 0. The Bertz CT molecular complexity index is 938. The molecule has 1 aromatic heterocycles. The molecule has 0 saturated heterocycles. The average molecular weight is 422 g/mol. The molecule has 4 rings (SSSR count). The van der Waals surface area contributed by atoms with E-state index in [9.17, 15) is 0 Å². The first kappa shape index (κ1) is 15.2. The van der Waals surface area contributed by atoms with Crippen molar-refractivity contribution in [1.29, 1.82) is 0 Å². The third-order valence-corrected chi connectivity index (χ3v) is 4.80. The monoisotopic (exact) mass is 422 g/mol. The lowest BCUT2D eigenvalue weighted by atomic mass is 10.0. The van der Waals surface area contributed by atoms with Crippen molar-refractivity contribution < 1.29 is 4.42 Å². The lowest BCUT2D eigenvalue weighted by molar-refractivity contribution is 0.596. The maximum absolute atomic E-state index is 6.12. The maximum atomic E-state index is 6.12. The van der Waals surface area contributed by atoms with Crippen molar-refractivity contribution in [2.24, 2.45) is 0 Å². The lowest BCUT2D eigenvalue weighted by Crippen LogP contribution is -1.80. The van der Waals surface area contributed by atoms with Crippen LogP contribution >= 0.6 is 22.6 Å². The van der Waals surface area contributed by atoms with Crippen molar-refractivity contribution in [3.05, 3.63) is 94.6 Å². The second-order valence-corrected chi connectivity index (χ2v) is 6.76. The van der Waals surface area contributed by atoms with E-state index in [1.54, 1.807) is 0 Å². The van der Waals surface area contributed by atoms with Crippen LogP contribution in [0.2, 0.25) is 0 Å². The minimum atomic E-state index is 0.905. The van der Waals surface area contributed by atoms with E-state index in [0.717, 1.165) is 26.2 Å². The van der Waals surface area contributed by atoms with Crippen molar-refractivity contribution >= 4 is 22.6 Å². The van der Waals surface area contributed by atoms with Gasteiger partial charge >= 0.3 is 0 Å². The van der Waals surface area contributed by atoms with Gasteiger partial charge in [0, 0.05) is 11.1 Å². The van der Waals surface area contributed by atoms with Crippen molar-refractivity contribution in [2.45, 2.75) is 0 Å². The number of furan rings is 1. The van der Waals surface area contributed by atoms with Crippen LogP contribution in [0.5, 0.6) is 0 Å². The van der Waals surface area contributed by atoms with Gasteiger partial charge < -0.3 is 4.42 Å². The molecule has 0 saturated carbocycles. The molecule has 0 atom stereocenters. The van der Waals surface area contributed by atoms with Crippen LogP contribution in [0.25, 0.3) is 33.8 Å². The summed E-state index contributed by atoms with van der Waals surface area (Å²) >= 11 is 2.34. The molecule has 24 heavy (non-hydrogen) atoms. The number of hydrogen-bond acceptors (Lipinski definition) is 1. The minimum Gasteiger partial charge on any atom is -0.455 e. The fourth-order valence-corrected chi connectivity index (χ4v) is 3.46. The second-order valence-electron chi connectivity index (χ2n) is 5.60. The maximum Gasteiger partial charge on any atom is 0.148 e. The summed E-state index contributed by atoms with van der Waals surface area (Å²) in [6.45, 7) is 0. The highest BCUT2D eigenvalue weighted by atomic mass is 127. The first-order chi connectivity index (χ1) is 11.8. The smallest absolute Gasteiger partial charge is 0.148 e. The van der Waals surface area contributed by atoms with Gasteiger partial charge in [-0.1, -0.05) is 84.9 Å². The Balaban J connectivity index is 1.68. The molecule has 0 radical (unpaired) electrons. The average Bonchev–Trinajstić information content (AvgIpc) is 3.05. The van der Waals surface area contributed by atoms with Gasteiger partial charge in [-0.15, -0.1) is 0 Å². The zero-order chi connectivity index (χ0) is 16.4. The molecule has 0 fully saturated rings. The summed E-state index contributed by atoms with van der Waals surface area (Å²) < 4.78 is 7.25. The molecule has 0 aliphatic rings. The molecule has 0 aliphatic carbocycles. The van der Waals surface area contributed by atoms with Crippen LogP contribution in [0.3, 0.4) is 0 Å². The zero-order valence-corrected chi connectivity index (χ0v) is 15.1. The highest BCUT2D eigenvalue weighted by Crippen LogP contribution is 2.34. The predicted octanol–water partition coefficient (Wildman–Crippen LogP) is 6.89. The third-order valence-electron chi connectivity index (χ3n) is 4.00. The van der Waals surface area contributed by atoms with E-state index in [1.807, 2.05) is 24.3 Å². The van der Waals surface area contributed by atoms with E-state index in [4.69, 9.17) is 4.42 Å². The van der Waals surface area contributed by atoms with Crippen molar-refractivity contribution in [3.8, 4) is 33.8 Å². The van der Waals surface area contributed by atoms with Crippen LogP contribution in [-0.2, 0) is 0 Å². The van der Waals surface area contributed by atoms with Crippen LogP contribution < -0.4 is 0 Å². The summed E-state index contributed by atoms with van der Waals surface area (Å²) in [5.74, 6) is 1.83. The summed E-state index contributed by atoms with van der Waals surface area (Å²) in [5, 5.41) is 0. The van der Waals surface area contributed by atoms with Crippen LogP contribution in [0, 0.1) is 3.57 Å². The molecule has 1 heterocycles. The fourth-order valence-electron chi connectivity index (χ4n) is 2.75. The Hall–Kier alpha value is -2.33. The number of rotatable bonds is 3. The van der Waals surface area contributed by atoms with Gasteiger partial charge in [0.25, 0.3) is 0 Å². The van der Waals surface area contributed by atoms with Gasteiger partial charge in [0.2, 0.25) is 0 Å². The molecule has 0 aliphatic heterocycles. The highest BCUT2D eigenvalue weighted by molar-refractivity contribution is 14.1. The third kappa shape index (κ3) is 3.02. The summed E-state index contributed by atoms with van der Waals surface area (Å²) in [4.78, 5) is 0. The Morgan fingerprint density at radius 1 is 0.542 bits per heavy atom. The standard InChI is InChI=1S/C22H15IO/c23-20-15-21(18-9-5-2-6-10-18)24-22(20)19-13-11-17(12-14-19)16-7-3-1-4-8-16/h1-15H. The van der Waals surface area contributed by atoms with Crippen LogP contribution in [0.1, 0.15) is 0 Å². The molecular weight excluding hydrogens is 407 g/mol. The fraction of sp³-hybridized carbons (Fsp3) is 0. The van der Waals surface area contributed by atoms with Gasteiger partial charge in [0.15, 0.2) is 0 Å². The Labute approximate surface area is 155 Å². The molecule has 0 unspecified atom stereocenters. The van der Waals surface area contributed by atoms with E-state index >= 15 is 0 Å². The summed E-state index contributed by atoms with van der Waals surface area (Å²) in [6, 6.07) is 31.2. The van der Waals surface area contributed by atoms with Crippen LogP contribution in [0.4, 0.5) is 0 Å². The minimum absolute atomic E-state index is 0.905. The first-order valence-corrected chi connectivity index (χ1v) is 8.90. The molecule has 0 spiro atoms. The molecule has 3 aromatic carbocycles. The van der Waals surface area contributed by atoms with Crippen molar-refractivity contribution in [2.75, 3.05) is 0 Å². The molecule has 1 nitrogen and oxygen atoms in total. The van der Waals surface area contributed by atoms with Gasteiger partial charge in [-0.05, 0) is 39.8 Å². The first-order valence-electron chi connectivity index (χ1n) is 7.82. The summed E-state index contributed by atoms with van der Waals surface area (Å²) in [5.41, 5.74) is 4.64. The Morgan fingerprint density at radius 2 is 1.04 bits per heavy atom. The molecule has 0 amide bonds. The Kier molecular flexibility index (Phi) is 4.22. The largest absolute Gasteiger partial charge is 0.455 e. The predicted molar refractivity (Wildman–Crippen MR) is 108 cm³/mol. The van der Waals surface area contributed by atoms with Gasteiger partial charge in [-0.3, -0.25) is 0 Å². The van der Waals surface area contributed by atoms with Gasteiger partial charge in [0.1, 0.15) is 11.5 Å². The number of benzene rings is 3. The second kappa shape index (κ2) is 6.65. The van der Waals surface area contributed by atoms with Crippen LogP contribution in [0.15, 0.2) is 95.4 Å². The van der Waals surface area contributed by atoms with E-state index < -0.39 is 0 Å². The SMILES string of the molecule is Ic1cc(-c2ccccc2)oc1-c1ccc(-c2ccccc2)cc1. The zero-order valence-electron chi connectivity index (χ0n) is 12.9. The van der Waals surface area contributed by atoms with E-state index in [2.05, 4.69) is 89.3 Å². The number of hydrogen-bond donors (Lipinski definition) is 0. The molecule has 116 valence electrons. The van der Waals surface area contributed by atoms with E-state index in [-0.39, 0.29) is 0 Å². The molecule has 0 bridgehead atoms. The molecular formula is C22H15IO. The van der Waals surface area contributed by atoms with Crippen molar-refractivity contribution in [1.82, 2.24) is 0 Å². The topological polar surface area (TPSA) is 13.1 Å². The lowest BCUT2D eigenvalue weighted by Gasteiger charge is -2.03. The van der Waals surface area contributed by atoms with Crippen LogP contribution in [-0.4, -0.2) is 0 Å². The Morgan fingerprint density at radius 3 is 1.67 bits per heavy atom. The quantitative estimate of drug-likeness (QED) is 0.328. The van der Waals surface area contributed by atoms with Gasteiger partial charge in [-0.2, -0.15) is 0 Å². The highest BCUT2D eigenvalue weighted by Gasteiger charge is 2.12. The van der Waals surface area contributed by atoms with Crippen molar-refractivity contribution in [3.63, 3.8) is 0 Å². The molecule has 2 heteroatoms. The summed E-state index contributed by atoms with van der Waals surface area (Å²) in [7, 11) is 0. The molecule has 0 N–H and O–H groups in total. The van der Waals surface area contributed by atoms with E-state index in [1.165, 1.54) is 11.1 Å². The van der Waals surface area contributed by atoms with E-state index in [0.29, 0.717) is 0 Å².